The van der Waals surface area contributed by atoms with Gasteiger partial charge in [-0.25, -0.2) is 0 Å². The lowest BCUT2D eigenvalue weighted by atomic mass is 10.5. The minimum Gasteiger partial charge on any atom is -0.379 e. The molecule has 1 aliphatic heterocycles. The van der Waals surface area contributed by atoms with Crippen molar-refractivity contribution in [3.05, 3.63) is 0 Å². The summed E-state index contributed by atoms with van der Waals surface area (Å²) in [6.45, 7) is 5.56. The molecule has 0 aromatic rings. The van der Waals surface area contributed by atoms with Gasteiger partial charge in [0.25, 0.3) is 0 Å². The van der Waals surface area contributed by atoms with E-state index in [1.54, 1.807) is 6.92 Å². The van der Waals surface area contributed by atoms with Gasteiger partial charge >= 0.3 is 0 Å². The minimum atomic E-state index is -0.245. The third-order valence-electron chi connectivity index (χ3n) is 1.19. The van der Waals surface area contributed by atoms with E-state index in [4.69, 9.17) is 4.74 Å². The Bertz CT molecular complexity index is 91.1. The fourth-order valence-corrected chi connectivity index (χ4v) is 0.516. The van der Waals surface area contributed by atoms with Gasteiger partial charge in [0, 0.05) is 19.5 Å². The number of hydrogen-bond acceptors (Lipinski definition) is 3. The number of ether oxygens (including phenoxy) is 1. The van der Waals surface area contributed by atoms with Crippen LogP contribution < -0.4 is 11.1 Å². The first kappa shape index (κ1) is 10.4. The highest BCUT2D eigenvalue weighted by Gasteiger charge is 1.92. The topological polar surface area (TPSA) is 64.3 Å². The number of carbonyl (C=O) groups excluding carboxylic acids is 1. The van der Waals surface area contributed by atoms with Crippen LogP contribution in [0.3, 0.4) is 0 Å². The second kappa shape index (κ2) is 7.50. The maximum absolute atomic E-state index is 9.59. The second-order valence-electron chi connectivity index (χ2n) is 2.18. The molecule has 0 saturated carbocycles. The van der Waals surface area contributed by atoms with E-state index in [1.807, 2.05) is 0 Å². The number of amides is 1. The molecule has 1 aliphatic rings. The zero-order chi connectivity index (χ0) is 8.53. The first-order valence-corrected chi connectivity index (χ1v) is 3.84. The third-order valence-corrected chi connectivity index (χ3v) is 1.19. The van der Waals surface area contributed by atoms with E-state index >= 15 is 0 Å². The summed E-state index contributed by atoms with van der Waals surface area (Å²) in [5.74, 6) is -0.245. The number of carbonyl (C=O) groups is 1. The molecule has 0 radical (unpaired) electrons. The van der Waals surface area contributed by atoms with E-state index in [-0.39, 0.29) is 5.91 Å². The third kappa shape index (κ3) is 9.39. The summed E-state index contributed by atoms with van der Waals surface area (Å²) < 4.78 is 5.01. The Morgan fingerprint density at radius 3 is 2.09 bits per heavy atom. The number of morpholine rings is 1. The van der Waals surface area contributed by atoms with Gasteiger partial charge < -0.3 is 15.8 Å². The lowest BCUT2D eigenvalue weighted by Crippen LogP contribution is -2.30. The molecule has 0 atom stereocenters. The van der Waals surface area contributed by atoms with Crippen molar-refractivity contribution >= 4 is 5.91 Å². The highest BCUT2D eigenvalue weighted by atomic mass is 16.5. The highest BCUT2D eigenvalue weighted by Crippen LogP contribution is 1.76. The Morgan fingerprint density at radius 1 is 1.55 bits per heavy atom. The van der Waals surface area contributed by atoms with Gasteiger partial charge in [-0.15, -0.1) is 0 Å². The number of primary amides is 1. The molecule has 1 heterocycles. The molecule has 3 N–H and O–H groups in total. The Kier molecular flexibility index (Phi) is 7.08. The molecule has 0 bridgehead atoms. The van der Waals surface area contributed by atoms with Crippen LogP contribution in [-0.2, 0) is 9.53 Å². The van der Waals surface area contributed by atoms with Gasteiger partial charge in [-0.2, -0.15) is 0 Å². The number of hydrogen-bond donors (Lipinski definition) is 2. The predicted molar refractivity (Wildman–Crippen MR) is 43.2 cm³/mol. The van der Waals surface area contributed by atoms with E-state index in [1.165, 1.54) is 0 Å². The second-order valence-corrected chi connectivity index (χ2v) is 2.18. The molecule has 4 heteroatoms. The fourth-order valence-electron chi connectivity index (χ4n) is 0.516. The number of nitrogens with two attached hydrogens (primary N) is 1. The summed E-state index contributed by atoms with van der Waals surface area (Å²) in [6, 6.07) is 0. The summed E-state index contributed by atoms with van der Waals surface area (Å²) in [5, 5.41) is 3.16. The smallest absolute Gasteiger partial charge is 0.217 e. The van der Waals surface area contributed by atoms with Crippen LogP contribution >= 0.6 is 0 Å². The van der Waals surface area contributed by atoms with E-state index in [2.05, 4.69) is 11.1 Å². The summed E-state index contributed by atoms with van der Waals surface area (Å²) in [6.07, 6.45) is 0.444. The van der Waals surface area contributed by atoms with Crippen molar-refractivity contribution in [2.24, 2.45) is 5.73 Å². The summed E-state index contributed by atoms with van der Waals surface area (Å²) in [5.41, 5.74) is 4.65. The van der Waals surface area contributed by atoms with Gasteiger partial charge in [0.2, 0.25) is 5.91 Å². The van der Waals surface area contributed by atoms with Crippen LogP contribution in [0.25, 0.3) is 0 Å². The molecular formula is C7H16N2O2. The zero-order valence-electron chi connectivity index (χ0n) is 6.93. The van der Waals surface area contributed by atoms with Gasteiger partial charge in [0.15, 0.2) is 0 Å². The van der Waals surface area contributed by atoms with Crippen LogP contribution in [0.2, 0.25) is 0 Å². The molecule has 4 nitrogen and oxygen atoms in total. The van der Waals surface area contributed by atoms with E-state index in [0.717, 1.165) is 26.3 Å². The van der Waals surface area contributed by atoms with Crippen molar-refractivity contribution in [2.75, 3.05) is 26.3 Å². The average Bonchev–Trinajstić information content (AvgIpc) is 2.09. The van der Waals surface area contributed by atoms with E-state index in [0.29, 0.717) is 6.42 Å². The van der Waals surface area contributed by atoms with Gasteiger partial charge in [-0.3, -0.25) is 4.79 Å². The molecule has 0 aliphatic carbocycles. The summed E-state index contributed by atoms with van der Waals surface area (Å²) in [4.78, 5) is 9.59. The van der Waals surface area contributed by atoms with Crippen LogP contribution in [0, 0.1) is 0 Å². The molecule has 1 fully saturated rings. The number of rotatable bonds is 1. The summed E-state index contributed by atoms with van der Waals surface area (Å²) >= 11 is 0. The molecular weight excluding hydrogens is 144 g/mol. The first-order chi connectivity index (χ1) is 5.27. The standard InChI is InChI=1S/C4H9NO.C3H7NO/c1-3-6-4-2-5-1;1-2-3(4)5/h5H,1-4H2;2H2,1H3,(H2,4,5). The molecule has 0 aromatic heterocycles. The predicted octanol–water partition coefficient (Wildman–Crippen LogP) is -0.512. The Hall–Kier alpha value is -0.610. The molecule has 0 aromatic carbocycles. The largest absolute Gasteiger partial charge is 0.379 e. The van der Waals surface area contributed by atoms with Crippen molar-refractivity contribution in [3.63, 3.8) is 0 Å². The maximum atomic E-state index is 9.59. The molecule has 0 unspecified atom stereocenters. The Balaban J connectivity index is 0.000000187. The van der Waals surface area contributed by atoms with Gasteiger partial charge in [0.1, 0.15) is 0 Å². The van der Waals surface area contributed by atoms with Crippen LogP contribution in [0.4, 0.5) is 0 Å². The molecule has 11 heavy (non-hydrogen) atoms. The van der Waals surface area contributed by atoms with Gasteiger partial charge in [-0.1, -0.05) is 6.92 Å². The van der Waals surface area contributed by atoms with Crippen LogP contribution in [-0.4, -0.2) is 32.2 Å². The SMILES string of the molecule is C1COCCN1.CCC(N)=O. The normalized spacial score (nSPS) is 16.5. The Labute approximate surface area is 67.1 Å². The first-order valence-electron chi connectivity index (χ1n) is 3.84. The van der Waals surface area contributed by atoms with E-state index in [9.17, 15) is 4.79 Å². The van der Waals surface area contributed by atoms with Gasteiger partial charge in [-0.05, 0) is 0 Å². The molecule has 1 amide bonds. The zero-order valence-corrected chi connectivity index (χ0v) is 6.93. The van der Waals surface area contributed by atoms with E-state index < -0.39 is 0 Å². The molecule has 1 rings (SSSR count). The van der Waals surface area contributed by atoms with Crippen molar-refractivity contribution in [1.29, 1.82) is 0 Å². The Morgan fingerprint density at radius 2 is 2.00 bits per heavy atom. The van der Waals surface area contributed by atoms with Crippen LogP contribution in [0.1, 0.15) is 13.3 Å². The molecule has 66 valence electrons. The molecule has 1 saturated heterocycles. The average molecular weight is 160 g/mol. The maximum Gasteiger partial charge on any atom is 0.217 e. The molecule has 0 spiro atoms. The van der Waals surface area contributed by atoms with Crippen molar-refractivity contribution in [3.8, 4) is 0 Å². The lowest BCUT2D eigenvalue weighted by Gasteiger charge is -2.10. The minimum absolute atomic E-state index is 0.245. The van der Waals surface area contributed by atoms with Crippen LogP contribution in [0.15, 0.2) is 0 Å². The highest BCUT2D eigenvalue weighted by molar-refractivity contribution is 5.73. The van der Waals surface area contributed by atoms with Crippen molar-refractivity contribution < 1.29 is 9.53 Å². The lowest BCUT2D eigenvalue weighted by molar-refractivity contribution is -0.117. The number of nitrogens with one attached hydrogen (secondary N) is 1. The van der Waals surface area contributed by atoms with Crippen LogP contribution in [0.5, 0.6) is 0 Å². The van der Waals surface area contributed by atoms with Crippen molar-refractivity contribution in [2.45, 2.75) is 13.3 Å². The fraction of sp³-hybridized carbons (Fsp3) is 0.857. The summed E-state index contributed by atoms with van der Waals surface area (Å²) in [7, 11) is 0. The van der Waals surface area contributed by atoms with Gasteiger partial charge in [0.05, 0.1) is 13.2 Å². The monoisotopic (exact) mass is 160 g/mol. The van der Waals surface area contributed by atoms with Crippen molar-refractivity contribution in [1.82, 2.24) is 5.32 Å². The quantitative estimate of drug-likeness (QED) is 0.543.